The Balaban J connectivity index is 1.85. The van der Waals surface area contributed by atoms with Crippen LogP contribution in [0.25, 0.3) is 11.1 Å². The Bertz CT molecular complexity index is 752. The predicted octanol–water partition coefficient (Wildman–Crippen LogP) is 7.12. The zero-order chi connectivity index (χ0) is 22.5. The first-order valence-corrected chi connectivity index (χ1v) is 11.7. The van der Waals surface area contributed by atoms with Crippen molar-refractivity contribution in [3.05, 3.63) is 54.1 Å². The molecule has 2 atom stereocenters. The molecule has 2 aromatic rings. The zero-order valence-electron chi connectivity index (χ0n) is 19.6. The largest absolute Gasteiger partial charge is 0.494 e. The number of esters is 1. The van der Waals surface area contributed by atoms with E-state index in [1.54, 1.807) is 6.92 Å². The maximum absolute atomic E-state index is 12.3. The van der Waals surface area contributed by atoms with Gasteiger partial charge in [0.05, 0.1) is 6.61 Å². The fourth-order valence-corrected chi connectivity index (χ4v) is 3.25. The van der Waals surface area contributed by atoms with Crippen molar-refractivity contribution in [1.82, 2.24) is 0 Å². The van der Waals surface area contributed by atoms with E-state index in [0.29, 0.717) is 6.61 Å². The minimum Gasteiger partial charge on any atom is -0.494 e. The lowest BCUT2D eigenvalue weighted by atomic mass is 10.0. The molecule has 0 aliphatic heterocycles. The van der Waals surface area contributed by atoms with Gasteiger partial charge in [-0.15, -0.1) is 0 Å². The number of hydrogen-bond donors (Lipinski definition) is 0. The van der Waals surface area contributed by atoms with E-state index in [1.807, 2.05) is 31.2 Å². The van der Waals surface area contributed by atoms with E-state index in [9.17, 15) is 4.79 Å². The van der Waals surface area contributed by atoms with Gasteiger partial charge in [0.2, 0.25) is 0 Å². The Morgan fingerprint density at radius 1 is 0.774 bits per heavy atom. The van der Waals surface area contributed by atoms with Gasteiger partial charge in [0, 0.05) is 6.61 Å². The zero-order valence-corrected chi connectivity index (χ0v) is 19.6. The summed E-state index contributed by atoms with van der Waals surface area (Å²) in [7, 11) is 0. The molecule has 0 amide bonds. The van der Waals surface area contributed by atoms with E-state index < -0.39 is 6.10 Å². The lowest BCUT2D eigenvalue weighted by molar-refractivity contribution is -0.161. The van der Waals surface area contributed by atoms with Crippen LogP contribution in [-0.2, 0) is 14.3 Å². The Hall–Kier alpha value is -2.33. The molecule has 170 valence electrons. The molecule has 0 aromatic heterocycles. The van der Waals surface area contributed by atoms with Crippen molar-refractivity contribution in [3.63, 3.8) is 0 Å². The highest BCUT2D eigenvalue weighted by atomic mass is 16.6. The van der Waals surface area contributed by atoms with Crippen molar-refractivity contribution in [2.45, 2.75) is 78.4 Å². The molecule has 4 nitrogen and oxygen atoms in total. The van der Waals surface area contributed by atoms with Crippen LogP contribution in [0.3, 0.4) is 0 Å². The molecule has 0 aliphatic rings. The highest BCUT2D eigenvalue weighted by Gasteiger charge is 2.19. The molecule has 0 N–H and O–H groups in total. The van der Waals surface area contributed by atoms with Crippen LogP contribution in [0.1, 0.15) is 77.9 Å². The lowest BCUT2D eigenvalue weighted by Gasteiger charge is -2.18. The van der Waals surface area contributed by atoms with Crippen LogP contribution in [0, 0.1) is 0 Å². The molecule has 0 heterocycles. The summed E-state index contributed by atoms with van der Waals surface area (Å²) in [5, 5.41) is 0. The Morgan fingerprint density at radius 3 is 1.90 bits per heavy atom. The summed E-state index contributed by atoms with van der Waals surface area (Å²) in [6, 6.07) is 16.3. The SMILES string of the molecule is CCCCCOc1ccc(-c2ccc(C(C)OC(=O)C(C)OCCCCC)cc2)cc1. The van der Waals surface area contributed by atoms with Gasteiger partial charge in [-0.3, -0.25) is 0 Å². The van der Waals surface area contributed by atoms with Crippen LogP contribution in [0.2, 0.25) is 0 Å². The van der Waals surface area contributed by atoms with Crippen LogP contribution >= 0.6 is 0 Å². The highest BCUT2D eigenvalue weighted by Crippen LogP contribution is 2.25. The molecule has 0 bridgehead atoms. The second-order valence-electron chi connectivity index (χ2n) is 8.00. The summed E-state index contributed by atoms with van der Waals surface area (Å²) in [5.74, 6) is 0.589. The van der Waals surface area contributed by atoms with Gasteiger partial charge in [0.15, 0.2) is 6.10 Å². The first kappa shape index (κ1) is 24.9. The smallest absolute Gasteiger partial charge is 0.335 e. The molecule has 0 fully saturated rings. The van der Waals surface area contributed by atoms with E-state index in [1.165, 1.54) is 12.8 Å². The summed E-state index contributed by atoms with van der Waals surface area (Å²) in [6.45, 7) is 9.33. The van der Waals surface area contributed by atoms with Gasteiger partial charge in [-0.05, 0) is 55.5 Å². The fraction of sp³-hybridized carbons (Fsp3) is 0.519. The van der Waals surface area contributed by atoms with Crippen LogP contribution in [-0.4, -0.2) is 25.3 Å². The molecule has 0 saturated carbocycles. The molecule has 0 saturated heterocycles. The Kier molecular flexibility index (Phi) is 11.2. The predicted molar refractivity (Wildman–Crippen MR) is 126 cm³/mol. The number of benzene rings is 2. The number of ether oxygens (including phenoxy) is 3. The average molecular weight is 427 g/mol. The maximum atomic E-state index is 12.3. The molecule has 31 heavy (non-hydrogen) atoms. The number of carbonyl (C=O) groups is 1. The molecule has 2 unspecified atom stereocenters. The minimum absolute atomic E-state index is 0.317. The molecule has 0 radical (unpaired) electrons. The van der Waals surface area contributed by atoms with Gasteiger partial charge in [-0.1, -0.05) is 75.9 Å². The van der Waals surface area contributed by atoms with Crippen LogP contribution in [0.5, 0.6) is 5.75 Å². The number of carbonyl (C=O) groups excluding carboxylic acids is 1. The molecule has 0 spiro atoms. The quantitative estimate of drug-likeness (QED) is 0.238. The molecule has 2 rings (SSSR count). The summed E-state index contributed by atoms with van der Waals surface area (Å²) < 4.78 is 17.0. The number of hydrogen-bond acceptors (Lipinski definition) is 4. The van der Waals surface area contributed by atoms with Crippen molar-refractivity contribution < 1.29 is 19.0 Å². The van der Waals surface area contributed by atoms with Crippen molar-refractivity contribution in [3.8, 4) is 16.9 Å². The normalized spacial score (nSPS) is 12.9. The number of rotatable bonds is 14. The molecular weight excluding hydrogens is 388 g/mol. The first-order valence-electron chi connectivity index (χ1n) is 11.7. The van der Waals surface area contributed by atoms with Crippen molar-refractivity contribution >= 4 is 5.97 Å². The average Bonchev–Trinajstić information content (AvgIpc) is 2.80. The fourth-order valence-electron chi connectivity index (χ4n) is 3.25. The van der Waals surface area contributed by atoms with Gasteiger partial charge >= 0.3 is 5.97 Å². The second kappa shape index (κ2) is 13.9. The lowest BCUT2D eigenvalue weighted by Crippen LogP contribution is -2.25. The van der Waals surface area contributed by atoms with E-state index >= 15 is 0 Å². The van der Waals surface area contributed by atoms with Crippen molar-refractivity contribution in [2.24, 2.45) is 0 Å². The topological polar surface area (TPSA) is 44.8 Å². The summed E-state index contributed by atoms with van der Waals surface area (Å²) in [6.07, 6.45) is 5.84. The van der Waals surface area contributed by atoms with Crippen molar-refractivity contribution in [2.75, 3.05) is 13.2 Å². The van der Waals surface area contributed by atoms with Crippen LogP contribution in [0.15, 0.2) is 48.5 Å². The Labute approximate surface area is 187 Å². The standard InChI is InChI=1S/C27H38O4/c1-5-7-9-19-29-22(4)27(28)31-21(3)23-11-13-24(14-12-23)25-15-17-26(18-16-25)30-20-10-8-6-2/h11-18,21-22H,5-10,19-20H2,1-4H3. The van der Waals surface area contributed by atoms with Crippen molar-refractivity contribution in [1.29, 1.82) is 0 Å². The van der Waals surface area contributed by atoms with Crippen LogP contribution in [0.4, 0.5) is 0 Å². The van der Waals surface area contributed by atoms with Gasteiger partial charge in [-0.25, -0.2) is 4.79 Å². The summed E-state index contributed by atoms with van der Waals surface area (Å²) >= 11 is 0. The third kappa shape index (κ3) is 8.74. The third-order valence-corrected chi connectivity index (χ3v) is 5.32. The molecule has 2 aromatic carbocycles. The molecule has 0 aliphatic carbocycles. The highest BCUT2D eigenvalue weighted by molar-refractivity contribution is 5.74. The third-order valence-electron chi connectivity index (χ3n) is 5.32. The van der Waals surface area contributed by atoms with Gasteiger partial charge in [-0.2, -0.15) is 0 Å². The summed E-state index contributed by atoms with van der Waals surface area (Å²) in [4.78, 5) is 12.3. The maximum Gasteiger partial charge on any atom is 0.335 e. The van der Waals surface area contributed by atoms with Gasteiger partial charge in [0.1, 0.15) is 11.9 Å². The van der Waals surface area contributed by atoms with Crippen LogP contribution < -0.4 is 4.74 Å². The number of unbranched alkanes of at least 4 members (excludes halogenated alkanes) is 4. The monoisotopic (exact) mass is 426 g/mol. The van der Waals surface area contributed by atoms with Gasteiger partial charge < -0.3 is 14.2 Å². The minimum atomic E-state index is -0.540. The van der Waals surface area contributed by atoms with E-state index in [-0.39, 0.29) is 12.1 Å². The van der Waals surface area contributed by atoms with E-state index in [4.69, 9.17) is 14.2 Å². The van der Waals surface area contributed by atoms with E-state index in [2.05, 4.69) is 38.1 Å². The first-order chi connectivity index (χ1) is 15.0. The second-order valence-corrected chi connectivity index (χ2v) is 8.00. The Morgan fingerprint density at radius 2 is 1.32 bits per heavy atom. The van der Waals surface area contributed by atoms with E-state index in [0.717, 1.165) is 54.7 Å². The molecular formula is C27H38O4. The van der Waals surface area contributed by atoms with Gasteiger partial charge in [0.25, 0.3) is 0 Å². The molecule has 4 heteroatoms. The summed E-state index contributed by atoms with van der Waals surface area (Å²) in [5.41, 5.74) is 3.21.